The molecule has 106 valence electrons. The van der Waals surface area contributed by atoms with Crippen molar-refractivity contribution in [3.05, 3.63) is 29.3 Å². The standard InChI is InChI=1S/C13H15F3O3/c1-2-3-4-5-9-8-10(17)6-7-11(9)12(18)19-13(14,15)16/h6-8,17H,2-5H2,1H3. The molecule has 0 spiro atoms. The fourth-order valence-corrected chi connectivity index (χ4v) is 1.71. The van der Waals surface area contributed by atoms with Gasteiger partial charge in [0, 0.05) is 0 Å². The lowest BCUT2D eigenvalue weighted by Crippen LogP contribution is -2.20. The maximum atomic E-state index is 12.0. The van der Waals surface area contributed by atoms with Gasteiger partial charge in [-0.15, -0.1) is 13.2 Å². The largest absolute Gasteiger partial charge is 0.575 e. The highest BCUT2D eigenvalue weighted by Crippen LogP contribution is 2.24. The van der Waals surface area contributed by atoms with Gasteiger partial charge >= 0.3 is 12.3 Å². The quantitative estimate of drug-likeness (QED) is 0.657. The number of alkyl halides is 3. The van der Waals surface area contributed by atoms with Gasteiger partial charge in [0.05, 0.1) is 5.56 Å². The fraction of sp³-hybridized carbons (Fsp3) is 0.462. The van der Waals surface area contributed by atoms with Gasteiger partial charge in [-0.3, -0.25) is 0 Å². The molecule has 3 nitrogen and oxygen atoms in total. The number of hydrogen-bond acceptors (Lipinski definition) is 3. The molecular formula is C13H15F3O3. The first-order valence-electron chi connectivity index (χ1n) is 5.95. The summed E-state index contributed by atoms with van der Waals surface area (Å²) >= 11 is 0. The van der Waals surface area contributed by atoms with Gasteiger partial charge in [-0.1, -0.05) is 19.8 Å². The number of hydrogen-bond donors (Lipinski definition) is 1. The third kappa shape index (κ3) is 5.19. The number of aromatic hydroxyl groups is 1. The molecule has 0 bridgehead atoms. The molecule has 0 radical (unpaired) electrons. The number of benzene rings is 1. The third-order valence-electron chi connectivity index (χ3n) is 2.57. The number of unbranched alkanes of at least 4 members (excludes halogenated alkanes) is 2. The Bertz CT molecular complexity index is 441. The van der Waals surface area contributed by atoms with E-state index in [0.717, 1.165) is 31.4 Å². The topological polar surface area (TPSA) is 46.5 Å². The van der Waals surface area contributed by atoms with Gasteiger partial charge in [0.2, 0.25) is 0 Å². The Labute approximate surface area is 109 Å². The maximum absolute atomic E-state index is 12.0. The number of halogens is 3. The highest BCUT2D eigenvalue weighted by molar-refractivity contribution is 5.91. The summed E-state index contributed by atoms with van der Waals surface area (Å²) in [6, 6.07) is 3.60. The monoisotopic (exact) mass is 276 g/mol. The molecule has 6 heteroatoms. The Morgan fingerprint density at radius 3 is 2.58 bits per heavy atom. The van der Waals surface area contributed by atoms with Gasteiger partial charge in [-0.2, -0.15) is 0 Å². The van der Waals surface area contributed by atoms with Crippen LogP contribution in [0.15, 0.2) is 18.2 Å². The molecule has 1 aromatic rings. The van der Waals surface area contributed by atoms with Crippen LogP contribution in [0.4, 0.5) is 13.2 Å². The molecule has 0 amide bonds. The molecule has 0 heterocycles. The Morgan fingerprint density at radius 2 is 2.00 bits per heavy atom. The molecule has 0 aliphatic carbocycles. The summed E-state index contributed by atoms with van der Waals surface area (Å²) in [7, 11) is 0. The van der Waals surface area contributed by atoms with E-state index in [1.165, 1.54) is 6.07 Å². The molecule has 0 aliphatic heterocycles. The van der Waals surface area contributed by atoms with Crippen LogP contribution in [0, 0.1) is 0 Å². The predicted molar refractivity (Wildman–Crippen MR) is 62.8 cm³/mol. The van der Waals surface area contributed by atoms with E-state index in [-0.39, 0.29) is 11.3 Å². The smallest absolute Gasteiger partial charge is 0.508 e. The third-order valence-corrected chi connectivity index (χ3v) is 2.57. The number of phenolic OH excluding ortho intramolecular Hbond substituents is 1. The van der Waals surface area contributed by atoms with Crippen LogP contribution >= 0.6 is 0 Å². The number of carbonyl (C=O) groups excluding carboxylic acids is 1. The zero-order valence-electron chi connectivity index (χ0n) is 10.5. The molecule has 0 saturated carbocycles. The van der Waals surface area contributed by atoms with E-state index in [4.69, 9.17) is 0 Å². The van der Waals surface area contributed by atoms with Gasteiger partial charge in [0.15, 0.2) is 0 Å². The van der Waals surface area contributed by atoms with Crippen LogP contribution in [0.1, 0.15) is 42.1 Å². The second kappa shape index (κ2) is 6.45. The zero-order valence-corrected chi connectivity index (χ0v) is 10.5. The first kappa shape index (κ1) is 15.3. The minimum absolute atomic E-state index is 0.0879. The summed E-state index contributed by atoms with van der Waals surface area (Å²) in [5.41, 5.74) is 0.203. The van der Waals surface area contributed by atoms with Crippen molar-refractivity contribution >= 4 is 5.97 Å². The van der Waals surface area contributed by atoms with Gasteiger partial charge in [0.1, 0.15) is 5.75 Å². The summed E-state index contributed by atoms with van der Waals surface area (Å²) < 4.78 is 39.4. The van der Waals surface area contributed by atoms with E-state index < -0.39 is 12.3 Å². The van der Waals surface area contributed by atoms with E-state index in [2.05, 4.69) is 4.74 Å². The number of ether oxygens (including phenoxy) is 1. The molecule has 19 heavy (non-hydrogen) atoms. The predicted octanol–water partition coefficient (Wildman–Crippen LogP) is 3.80. The van der Waals surface area contributed by atoms with E-state index in [9.17, 15) is 23.1 Å². The van der Waals surface area contributed by atoms with Gasteiger partial charge in [-0.25, -0.2) is 4.79 Å². The molecule has 0 unspecified atom stereocenters. The molecule has 0 fully saturated rings. The van der Waals surface area contributed by atoms with Crippen molar-refractivity contribution in [2.24, 2.45) is 0 Å². The van der Waals surface area contributed by atoms with Crippen LogP contribution in [-0.2, 0) is 11.2 Å². The first-order valence-corrected chi connectivity index (χ1v) is 5.95. The molecular weight excluding hydrogens is 261 g/mol. The summed E-state index contributed by atoms with van der Waals surface area (Å²) in [6.45, 7) is 1.99. The normalized spacial score (nSPS) is 11.4. The highest BCUT2D eigenvalue weighted by Gasteiger charge is 2.35. The molecule has 0 aromatic heterocycles. The molecule has 1 N–H and O–H groups in total. The second-order valence-electron chi connectivity index (χ2n) is 4.13. The maximum Gasteiger partial charge on any atom is 0.575 e. The van der Waals surface area contributed by atoms with Crippen molar-refractivity contribution in [3.8, 4) is 5.75 Å². The van der Waals surface area contributed by atoms with Crippen LogP contribution in [-0.4, -0.2) is 17.4 Å². The molecule has 0 saturated heterocycles. The first-order chi connectivity index (χ1) is 8.83. The van der Waals surface area contributed by atoms with E-state index in [1.54, 1.807) is 0 Å². The number of carbonyl (C=O) groups is 1. The second-order valence-corrected chi connectivity index (χ2v) is 4.13. The lowest BCUT2D eigenvalue weighted by Gasteiger charge is -2.11. The van der Waals surface area contributed by atoms with Crippen LogP contribution in [0.5, 0.6) is 5.75 Å². The van der Waals surface area contributed by atoms with E-state index in [0.29, 0.717) is 12.0 Å². The SMILES string of the molecule is CCCCCc1cc(O)ccc1C(=O)OC(F)(F)F. The van der Waals surface area contributed by atoms with Gasteiger partial charge < -0.3 is 9.84 Å². The zero-order chi connectivity index (χ0) is 14.5. The Morgan fingerprint density at radius 1 is 1.32 bits per heavy atom. The molecule has 1 aromatic carbocycles. The minimum Gasteiger partial charge on any atom is -0.508 e. The number of aryl methyl sites for hydroxylation is 1. The fourth-order valence-electron chi connectivity index (χ4n) is 1.71. The van der Waals surface area contributed by atoms with Gasteiger partial charge in [-0.05, 0) is 36.6 Å². The van der Waals surface area contributed by atoms with E-state index >= 15 is 0 Å². The minimum atomic E-state index is -5.00. The van der Waals surface area contributed by atoms with Crippen molar-refractivity contribution < 1.29 is 27.8 Å². The summed E-state index contributed by atoms with van der Waals surface area (Å²) in [6.07, 6.45) is -2.02. The van der Waals surface area contributed by atoms with Crippen LogP contribution in [0.3, 0.4) is 0 Å². The summed E-state index contributed by atoms with van der Waals surface area (Å²) in [5.74, 6) is -1.53. The van der Waals surface area contributed by atoms with Crippen LogP contribution < -0.4 is 0 Å². The number of phenols is 1. The van der Waals surface area contributed by atoms with Crippen molar-refractivity contribution in [2.75, 3.05) is 0 Å². The summed E-state index contributed by atoms with van der Waals surface area (Å²) in [4.78, 5) is 11.4. The van der Waals surface area contributed by atoms with Crippen molar-refractivity contribution in [1.29, 1.82) is 0 Å². The molecule has 1 rings (SSSR count). The average Bonchev–Trinajstić information content (AvgIpc) is 2.27. The number of rotatable bonds is 5. The lowest BCUT2D eigenvalue weighted by atomic mass is 10.0. The van der Waals surface area contributed by atoms with Gasteiger partial charge in [0.25, 0.3) is 0 Å². The molecule has 0 atom stereocenters. The Kier molecular flexibility index (Phi) is 5.20. The van der Waals surface area contributed by atoms with Crippen molar-refractivity contribution in [1.82, 2.24) is 0 Å². The Balaban J connectivity index is 2.89. The van der Waals surface area contributed by atoms with Crippen LogP contribution in [0.2, 0.25) is 0 Å². The summed E-state index contributed by atoms with van der Waals surface area (Å²) in [5, 5.41) is 9.33. The highest BCUT2D eigenvalue weighted by atomic mass is 19.4. The molecule has 0 aliphatic rings. The number of esters is 1. The average molecular weight is 276 g/mol. The van der Waals surface area contributed by atoms with Crippen molar-refractivity contribution in [2.45, 2.75) is 39.0 Å². The lowest BCUT2D eigenvalue weighted by molar-refractivity contribution is -0.291. The van der Waals surface area contributed by atoms with Crippen LogP contribution in [0.25, 0.3) is 0 Å². The van der Waals surface area contributed by atoms with Crippen molar-refractivity contribution in [3.63, 3.8) is 0 Å². The van der Waals surface area contributed by atoms with E-state index in [1.807, 2.05) is 6.92 Å². The Hall–Kier alpha value is -1.72.